The van der Waals surface area contributed by atoms with Gasteiger partial charge in [0.1, 0.15) is 5.82 Å². The fraction of sp³-hybridized carbons (Fsp3) is 0.533. The third-order valence-corrected chi connectivity index (χ3v) is 3.77. The summed E-state index contributed by atoms with van der Waals surface area (Å²) in [4.78, 5) is 11.9. The maximum absolute atomic E-state index is 13.4. The first kappa shape index (κ1) is 15.7. The van der Waals surface area contributed by atoms with Crippen LogP contribution in [0.25, 0.3) is 0 Å². The van der Waals surface area contributed by atoms with E-state index in [9.17, 15) is 18.7 Å². The van der Waals surface area contributed by atoms with Crippen LogP contribution in [0, 0.1) is 11.6 Å². The fourth-order valence-electron chi connectivity index (χ4n) is 2.62. The Labute approximate surface area is 122 Å². The molecule has 1 aliphatic carbocycles. The van der Waals surface area contributed by atoms with E-state index in [0.717, 1.165) is 44.2 Å². The zero-order chi connectivity index (χ0) is 15.3. The van der Waals surface area contributed by atoms with Crippen LogP contribution >= 0.6 is 0 Å². The first-order valence-corrected chi connectivity index (χ1v) is 7.04. The van der Waals surface area contributed by atoms with E-state index in [0.29, 0.717) is 6.07 Å². The van der Waals surface area contributed by atoms with Gasteiger partial charge in [-0.05, 0) is 25.0 Å². The molecule has 21 heavy (non-hydrogen) atoms. The molecule has 2 rings (SSSR count). The highest BCUT2D eigenvalue weighted by Gasteiger charge is 2.32. The largest absolute Gasteiger partial charge is 0.481 e. The molecule has 6 heteroatoms. The Morgan fingerprint density at radius 3 is 2.62 bits per heavy atom. The van der Waals surface area contributed by atoms with E-state index < -0.39 is 23.1 Å². The van der Waals surface area contributed by atoms with Crippen LogP contribution in [-0.2, 0) is 4.79 Å². The Morgan fingerprint density at radius 1 is 1.29 bits per heavy atom. The second-order valence-corrected chi connectivity index (χ2v) is 5.41. The third-order valence-electron chi connectivity index (χ3n) is 3.77. The molecule has 116 valence electrons. The average molecular weight is 299 g/mol. The first-order valence-electron chi connectivity index (χ1n) is 7.04. The third kappa shape index (κ3) is 4.14. The molecule has 0 aliphatic heterocycles. The van der Waals surface area contributed by atoms with Crippen molar-refractivity contribution in [2.75, 3.05) is 13.2 Å². The summed E-state index contributed by atoms with van der Waals surface area (Å²) in [6, 6.07) is 2.90. The number of amides is 1. The summed E-state index contributed by atoms with van der Waals surface area (Å²) < 4.78 is 31.2. The molecule has 1 fully saturated rings. The molecule has 0 saturated heterocycles. The molecule has 1 aromatic rings. The highest BCUT2D eigenvalue weighted by Crippen LogP contribution is 2.27. The van der Waals surface area contributed by atoms with Crippen LogP contribution in [0.5, 0.6) is 5.75 Å². The van der Waals surface area contributed by atoms with Crippen molar-refractivity contribution in [1.29, 1.82) is 0 Å². The van der Waals surface area contributed by atoms with Gasteiger partial charge in [-0.3, -0.25) is 4.79 Å². The molecular formula is C15H19F2NO3. The van der Waals surface area contributed by atoms with Crippen molar-refractivity contribution in [2.45, 2.75) is 37.6 Å². The molecule has 1 saturated carbocycles. The van der Waals surface area contributed by atoms with Crippen molar-refractivity contribution in [3.05, 3.63) is 29.8 Å². The van der Waals surface area contributed by atoms with Gasteiger partial charge < -0.3 is 15.2 Å². The maximum Gasteiger partial charge on any atom is 0.258 e. The molecule has 0 bridgehead atoms. The van der Waals surface area contributed by atoms with E-state index in [1.165, 1.54) is 0 Å². The van der Waals surface area contributed by atoms with Gasteiger partial charge in [-0.2, -0.15) is 0 Å². The van der Waals surface area contributed by atoms with E-state index in [-0.39, 0.29) is 19.0 Å². The van der Waals surface area contributed by atoms with Crippen molar-refractivity contribution >= 4 is 5.91 Å². The van der Waals surface area contributed by atoms with Gasteiger partial charge in [-0.1, -0.05) is 19.3 Å². The van der Waals surface area contributed by atoms with Crippen molar-refractivity contribution in [1.82, 2.24) is 5.32 Å². The van der Waals surface area contributed by atoms with Gasteiger partial charge in [0.2, 0.25) is 0 Å². The molecule has 4 nitrogen and oxygen atoms in total. The van der Waals surface area contributed by atoms with Crippen molar-refractivity contribution in [3.63, 3.8) is 0 Å². The minimum atomic E-state index is -0.850. The summed E-state index contributed by atoms with van der Waals surface area (Å²) in [6.45, 7) is -0.492. The van der Waals surface area contributed by atoms with Crippen LogP contribution < -0.4 is 10.1 Å². The van der Waals surface area contributed by atoms with Crippen LogP contribution in [0.4, 0.5) is 8.78 Å². The molecule has 1 amide bonds. The maximum atomic E-state index is 13.4. The summed E-state index contributed by atoms with van der Waals surface area (Å²) in [7, 11) is 0. The predicted molar refractivity (Wildman–Crippen MR) is 72.9 cm³/mol. The Hall–Kier alpha value is -1.69. The van der Waals surface area contributed by atoms with Gasteiger partial charge in [0.15, 0.2) is 18.2 Å². The minimum Gasteiger partial charge on any atom is -0.481 e. The Bertz CT molecular complexity index is 502. The Balaban J connectivity index is 1.89. The van der Waals surface area contributed by atoms with E-state index >= 15 is 0 Å². The number of benzene rings is 1. The summed E-state index contributed by atoms with van der Waals surface area (Å²) in [5.41, 5.74) is -0.597. The average Bonchev–Trinajstić information content (AvgIpc) is 2.47. The van der Waals surface area contributed by atoms with E-state index in [4.69, 9.17) is 4.74 Å². The number of ether oxygens (including phenoxy) is 1. The van der Waals surface area contributed by atoms with Gasteiger partial charge in [-0.15, -0.1) is 0 Å². The topological polar surface area (TPSA) is 58.6 Å². The van der Waals surface area contributed by atoms with Gasteiger partial charge in [0, 0.05) is 6.07 Å². The number of carbonyl (C=O) groups is 1. The SMILES string of the molecule is O=C(COc1ccc(F)cc1F)NC1(CO)CCCCC1. The molecular weight excluding hydrogens is 280 g/mol. The zero-order valence-electron chi connectivity index (χ0n) is 11.7. The molecule has 1 aromatic carbocycles. The van der Waals surface area contributed by atoms with Crippen LogP contribution in [0.2, 0.25) is 0 Å². The predicted octanol–water partition coefficient (Wildman–Crippen LogP) is 2.16. The number of hydrogen-bond donors (Lipinski definition) is 2. The zero-order valence-corrected chi connectivity index (χ0v) is 11.7. The van der Waals surface area contributed by atoms with Crippen LogP contribution in [-0.4, -0.2) is 29.8 Å². The molecule has 1 aliphatic rings. The number of nitrogens with one attached hydrogen (secondary N) is 1. The molecule has 0 radical (unpaired) electrons. The lowest BCUT2D eigenvalue weighted by molar-refractivity contribution is -0.126. The van der Waals surface area contributed by atoms with Crippen LogP contribution in [0.1, 0.15) is 32.1 Å². The van der Waals surface area contributed by atoms with Gasteiger partial charge in [0.05, 0.1) is 12.1 Å². The van der Waals surface area contributed by atoms with Gasteiger partial charge in [0.25, 0.3) is 5.91 Å². The molecule has 0 atom stereocenters. The lowest BCUT2D eigenvalue weighted by Gasteiger charge is -2.36. The number of rotatable bonds is 5. The molecule has 0 unspecified atom stereocenters. The van der Waals surface area contributed by atoms with E-state index in [1.807, 2.05) is 0 Å². The number of aliphatic hydroxyl groups excluding tert-OH is 1. The second kappa shape index (κ2) is 6.85. The Kier molecular flexibility index (Phi) is 5.12. The lowest BCUT2D eigenvalue weighted by atomic mass is 9.82. The number of halogens is 2. The normalized spacial score (nSPS) is 17.3. The monoisotopic (exact) mass is 299 g/mol. The van der Waals surface area contributed by atoms with Crippen LogP contribution in [0.3, 0.4) is 0 Å². The first-order chi connectivity index (χ1) is 10.0. The molecule has 0 heterocycles. The minimum absolute atomic E-state index is 0.121. The van der Waals surface area contributed by atoms with E-state index in [1.54, 1.807) is 0 Å². The van der Waals surface area contributed by atoms with Crippen molar-refractivity contribution < 1.29 is 23.4 Å². The van der Waals surface area contributed by atoms with Gasteiger partial charge in [-0.25, -0.2) is 8.78 Å². The summed E-state index contributed by atoms with van der Waals surface area (Å²) in [6.07, 6.45) is 4.44. The quantitative estimate of drug-likeness (QED) is 0.876. The molecule has 2 N–H and O–H groups in total. The molecule has 0 spiro atoms. The highest BCUT2D eigenvalue weighted by molar-refractivity contribution is 5.78. The van der Waals surface area contributed by atoms with Crippen molar-refractivity contribution in [3.8, 4) is 5.75 Å². The van der Waals surface area contributed by atoms with Crippen molar-refractivity contribution in [2.24, 2.45) is 0 Å². The number of carbonyl (C=O) groups excluding carboxylic acids is 1. The van der Waals surface area contributed by atoms with Gasteiger partial charge >= 0.3 is 0 Å². The summed E-state index contributed by atoms with van der Waals surface area (Å²) >= 11 is 0. The van der Waals surface area contributed by atoms with Crippen LogP contribution in [0.15, 0.2) is 18.2 Å². The standard InChI is InChI=1S/C15H19F2NO3/c16-11-4-5-13(12(17)8-11)21-9-14(20)18-15(10-19)6-2-1-3-7-15/h4-5,8,19H,1-3,6-7,9-10H2,(H,18,20). The highest BCUT2D eigenvalue weighted by atomic mass is 19.1. The molecule has 0 aromatic heterocycles. The smallest absolute Gasteiger partial charge is 0.258 e. The lowest BCUT2D eigenvalue weighted by Crippen LogP contribution is -2.53. The number of aliphatic hydroxyl groups is 1. The summed E-state index contributed by atoms with van der Waals surface area (Å²) in [5.74, 6) is -2.15. The second-order valence-electron chi connectivity index (χ2n) is 5.41. The fourth-order valence-corrected chi connectivity index (χ4v) is 2.62. The number of hydrogen-bond acceptors (Lipinski definition) is 3. The summed E-state index contributed by atoms with van der Waals surface area (Å²) in [5, 5.41) is 12.3. The Morgan fingerprint density at radius 2 is 2.00 bits per heavy atom. The van der Waals surface area contributed by atoms with E-state index in [2.05, 4.69) is 5.32 Å².